The maximum atomic E-state index is 12.5. The Balaban J connectivity index is 1.57. The minimum Gasteiger partial charge on any atom is -0.461 e. The number of aryl methyl sites for hydroxylation is 2. The maximum absolute atomic E-state index is 12.5. The van der Waals surface area contributed by atoms with E-state index in [0.29, 0.717) is 27.5 Å². The van der Waals surface area contributed by atoms with Gasteiger partial charge in [-0.3, -0.25) is 9.36 Å². The van der Waals surface area contributed by atoms with Crippen LogP contribution in [0.15, 0.2) is 70.4 Å². The van der Waals surface area contributed by atoms with Crippen molar-refractivity contribution in [3.05, 3.63) is 77.0 Å². The van der Waals surface area contributed by atoms with Crippen molar-refractivity contribution in [2.24, 2.45) is 0 Å². The van der Waals surface area contributed by atoms with Crippen molar-refractivity contribution in [3.8, 4) is 17.3 Å². The summed E-state index contributed by atoms with van der Waals surface area (Å²) in [5, 5.41) is 12.7. The molecule has 0 bridgehead atoms. The summed E-state index contributed by atoms with van der Waals surface area (Å²) in [6.45, 7) is 3.95. The predicted octanol–water partition coefficient (Wildman–Crippen LogP) is 5.53. The molecule has 4 rings (SSSR count). The number of carbonyl (C=O) groups is 1. The van der Waals surface area contributed by atoms with Gasteiger partial charge in [0.25, 0.3) is 0 Å². The molecule has 0 spiro atoms. The van der Waals surface area contributed by atoms with Crippen LogP contribution >= 0.6 is 23.4 Å². The number of rotatable bonds is 6. The van der Waals surface area contributed by atoms with Gasteiger partial charge in [-0.05, 0) is 55.8 Å². The van der Waals surface area contributed by atoms with E-state index in [0.717, 1.165) is 16.8 Å². The summed E-state index contributed by atoms with van der Waals surface area (Å²) < 4.78 is 7.41. The Labute approximate surface area is 183 Å². The van der Waals surface area contributed by atoms with Gasteiger partial charge in [-0.15, -0.1) is 10.2 Å². The molecule has 2 heterocycles. The fourth-order valence-corrected chi connectivity index (χ4v) is 3.82. The summed E-state index contributed by atoms with van der Waals surface area (Å²) in [5.74, 6) is 1.21. The molecular formula is C22H19ClN4O2S. The fourth-order valence-electron chi connectivity index (χ4n) is 2.90. The second-order valence-corrected chi connectivity index (χ2v) is 8.13. The molecule has 30 heavy (non-hydrogen) atoms. The van der Waals surface area contributed by atoms with Gasteiger partial charge >= 0.3 is 0 Å². The summed E-state index contributed by atoms with van der Waals surface area (Å²) in [4.78, 5) is 12.5. The highest BCUT2D eigenvalue weighted by atomic mass is 35.5. The Morgan fingerprint density at radius 2 is 1.93 bits per heavy atom. The molecule has 0 aliphatic heterocycles. The summed E-state index contributed by atoms with van der Waals surface area (Å²) in [5.41, 5.74) is 3.69. The van der Waals surface area contributed by atoms with Crippen LogP contribution in [0.25, 0.3) is 17.3 Å². The first-order valence-corrected chi connectivity index (χ1v) is 10.6. The number of nitrogens with zero attached hydrogens (tertiary/aromatic N) is 3. The van der Waals surface area contributed by atoms with Crippen LogP contribution in [0.3, 0.4) is 0 Å². The SMILES string of the molecule is Cc1ccc(-n2c(SCC(=O)Nc3cc(Cl)ccc3C)nnc2-c2ccco2)cc1. The first-order chi connectivity index (χ1) is 14.5. The van der Waals surface area contributed by atoms with Crippen LogP contribution in [-0.2, 0) is 4.79 Å². The first kappa shape index (κ1) is 20.3. The Morgan fingerprint density at radius 3 is 2.67 bits per heavy atom. The molecule has 0 fully saturated rings. The van der Waals surface area contributed by atoms with Crippen LogP contribution < -0.4 is 5.32 Å². The van der Waals surface area contributed by atoms with Gasteiger partial charge in [0.2, 0.25) is 11.7 Å². The molecule has 2 aromatic heterocycles. The summed E-state index contributed by atoms with van der Waals surface area (Å²) in [6.07, 6.45) is 1.59. The van der Waals surface area contributed by atoms with E-state index in [2.05, 4.69) is 15.5 Å². The molecule has 1 amide bonds. The van der Waals surface area contributed by atoms with Crippen molar-refractivity contribution in [2.75, 3.05) is 11.1 Å². The van der Waals surface area contributed by atoms with Crippen molar-refractivity contribution >= 4 is 35.0 Å². The Kier molecular flexibility index (Phi) is 5.92. The maximum Gasteiger partial charge on any atom is 0.234 e. The van der Waals surface area contributed by atoms with Crippen LogP contribution in [0.5, 0.6) is 0 Å². The minimum absolute atomic E-state index is 0.150. The van der Waals surface area contributed by atoms with Gasteiger partial charge in [0.15, 0.2) is 10.9 Å². The monoisotopic (exact) mass is 438 g/mol. The number of furan rings is 1. The van der Waals surface area contributed by atoms with Gasteiger partial charge < -0.3 is 9.73 Å². The fraction of sp³-hybridized carbons (Fsp3) is 0.136. The van der Waals surface area contributed by atoms with E-state index in [1.807, 2.05) is 54.8 Å². The third-order valence-electron chi connectivity index (χ3n) is 4.47. The van der Waals surface area contributed by atoms with Crippen molar-refractivity contribution in [3.63, 3.8) is 0 Å². The number of hydrogen-bond acceptors (Lipinski definition) is 5. The quantitative estimate of drug-likeness (QED) is 0.401. The van der Waals surface area contributed by atoms with Gasteiger partial charge in [0, 0.05) is 16.4 Å². The van der Waals surface area contributed by atoms with E-state index >= 15 is 0 Å². The Bertz CT molecular complexity index is 1170. The van der Waals surface area contributed by atoms with Crippen molar-refractivity contribution in [1.82, 2.24) is 14.8 Å². The van der Waals surface area contributed by atoms with Gasteiger partial charge in [-0.25, -0.2) is 0 Å². The zero-order chi connectivity index (χ0) is 21.1. The normalized spacial score (nSPS) is 10.9. The number of amides is 1. The highest BCUT2D eigenvalue weighted by Gasteiger charge is 2.19. The van der Waals surface area contributed by atoms with Crippen LogP contribution in [0, 0.1) is 13.8 Å². The number of thioether (sulfide) groups is 1. The van der Waals surface area contributed by atoms with Crippen LogP contribution in [0.4, 0.5) is 5.69 Å². The molecule has 0 saturated heterocycles. The van der Waals surface area contributed by atoms with Gasteiger partial charge in [0.1, 0.15) is 0 Å². The lowest BCUT2D eigenvalue weighted by Crippen LogP contribution is -2.15. The molecule has 6 nitrogen and oxygen atoms in total. The lowest BCUT2D eigenvalue weighted by atomic mass is 10.2. The number of carbonyl (C=O) groups excluding carboxylic acids is 1. The van der Waals surface area contributed by atoms with Crippen molar-refractivity contribution < 1.29 is 9.21 Å². The smallest absolute Gasteiger partial charge is 0.234 e. The van der Waals surface area contributed by atoms with E-state index in [9.17, 15) is 4.79 Å². The van der Waals surface area contributed by atoms with E-state index in [-0.39, 0.29) is 11.7 Å². The largest absolute Gasteiger partial charge is 0.461 e. The molecule has 8 heteroatoms. The summed E-state index contributed by atoms with van der Waals surface area (Å²) >= 11 is 7.34. The average molecular weight is 439 g/mol. The third kappa shape index (κ3) is 4.42. The van der Waals surface area contributed by atoms with Crippen molar-refractivity contribution in [2.45, 2.75) is 19.0 Å². The molecule has 0 saturated carbocycles. The number of halogens is 1. The number of benzene rings is 2. The molecule has 0 aliphatic carbocycles. The first-order valence-electron chi connectivity index (χ1n) is 9.26. The lowest BCUT2D eigenvalue weighted by molar-refractivity contribution is -0.113. The zero-order valence-electron chi connectivity index (χ0n) is 16.4. The highest BCUT2D eigenvalue weighted by molar-refractivity contribution is 7.99. The van der Waals surface area contributed by atoms with Gasteiger partial charge in [-0.2, -0.15) is 0 Å². The molecule has 0 radical (unpaired) electrons. The van der Waals surface area contributed by atoms with Crippen LogP contribution in [0.1, 0.15) is 11.1 Å². The molecule has 152 valence electrons. The standard InChI is InChI=1S/C22H19ClN4O2S/c1-14-5-9-17(10-6-14)27-21(19-4-3-11-29-19)25-26-22(27)30-13-20(28)24-18-12-16(23)8-7-15(18)2/h3-12H,13H2,1-2H3,(H,24,28). The van der Waals surface area contributed by atoms with Crippen LogP contribution in [0.2, 0.25) is 5.02 Å². The van der Waals surface area contributed by atoms with Gasteiger partial charge in [-0.1, -0.05) is 47.1 Å². The predicted molar refractivity (Wildman–Crippen MR) is 119 cm³/mol. The highest BCUT2D eigenvalue weighted by Crippen LogP contribution is 2.29. The molecule has 2 aromatic carbocycles. The number of hydrogen-bond donors (Lipinski definition) is 1. The van der Waals surface area contributed by atoms with E-state index in [1.165, 1.54) is 11.8 Å². The molecule has 1 N–H and O–H groups in total. The topological polar surface area (TPSA) is 73.0 Å². The Hall–Kier alpha value is -3.03. The molecule has 0 aliphatic rings. The minimum atomic E-state index is -0.150. The molecule has 0 unspecified atom stereocenters. The number of anilines is 1. The molecule has 0 atom stereocenters. The summed E-state index contributed by atoms with van der Waals surface area (Å²) in [7, 11) is 0. The summed E-state index contributed by atoms with van der Waals surface area (Å²) in [6, 6.07) is 17.1. The zero-order valence-corrected chi connectivity index (χ0v) is 18.0. The van der Waals surface area contributed by atoms with Crippen molar-refractivity contribution in [1.29, 1.82) is 0 Å². The van der Waals surface area contributed by atoms with E-state index < -0.39 is 0 Å². The second kappa shape index (κ2) is 8.77. The Morgan fingerprint density at radius 1 is 1.13 bits per heavy atom. The molecule has 4 aromatic rings. The third-order valence-corrected chi connectivity index (χ3v) is 5.64. The van der Waals surface area contributed by atoms with Crippen LogP contribution in [-0.4, -0.2) is 26.4 Å². The van der Waals surface area contributed by atoms with E-state index in [1.54, 1.807) is 24.5 Å². The molecular weight excluding hydrogens is 420 g/mol. The second-order valence-electron chi connectivity index (χ2n) is 6.75. The van der Waals surface area contributed by atoms with E-state index in [4.69, 9.17) is 16.0 Å². The number of aromatic nitrogens is 3. The average Bonchev–Trinajstić information content (AvgIpc) is 3.39. The van der Waals surface area contributed by atoms with Gasteiger partial charge in [0.05, 0.1) is 12.0 Å². The lowest BCUT2D eigenvalue weighted by Gasteiger charge is -2.11. The number of nitrogens with one attached hydrogen (secondary N) is 1.